The molecular formula is C12H10N2O. The Morgan fingerprint density at radius 1 is 1.27 bits per heavy atom. The normalized spacial score (nSPS) is 10.9. The van der Waals surface area contributed by atoms with Gasteiger partial charge in [0.2, 0.25) is 0 Å². The van der Waals surface area contributed by atoms with Crippen molar-refractivity contribution < 1.29 is 4.42 Å². The minimum absolute atomic E-state index is 0.776. The topological polar surface area (TPSA) is 41.8 Å². The van der Waals surface area contributed by atoms with Crippen LogP contribution in [0, 0.1) is 0 Å². The van der Waals surface area contributed by atoms with E-state index in [1.807, 2.05) is 24.4 Å². The van der Waals surface area contributed by atoms with Gasteiger partial charge >= 0.3 is 0 Å². The molecule has 0 atom stereocenters. The third-order valence-electron chi connectivity index (χ3n) is 2.47. The number of rotatable bonds is 2. The number of hydrogen-bond acceptors (Lipinski definition) is 2. The van der Waals surface area contributed by atoms with Crippen molar-refractivity contribution in [2.24, 2.45) is 0 Å². The van der Waals surface area contributed by atoms with Gasteiger partial charge in [-0.3, -0.25) is 0 Å². The fourth-order valence-electron chi connectivity index (χ4n) is 1.77. The molecule has 2 heterocycles. The van der Waals surface area contributed by atoms with Crippen molar-refractivity contribution in [3.05, 3.63) is 54.3 Å². The molecule has 3 heteroatoms. The number of furan rings is 1. The van der Waals surface area contributed by atoms with Gasteiger partial charge in [0.1, 0.15) is 11.4 Å². The number of para-hydroxylation sites is 1. The van der Waals surface area contributed by atoms with Crippen molar-refractivity contribution in [1.29, 1.82) is 0 Å². The summed E-state index contributed by atoms with van der Waals surface area (Å²) in [6.45, 7) is 0. The molecule has 0 spiro atoms. The molecule has 3 aromatic rings. The smallest absolute Gasteiger partial charge is 0.137 e. The lowest BCUT2D eigenvalue weighted by atomic mass is 10.1. The molecule has 0 radical (unpaired) electrons. The number of fused-ring (bicyclic) bond motifs is 1. The Morgan fingerprint density at radius 2 is 2.27 bits per heavy atom. The van der Waals surface area contributed by atoms with E-state index in [0.29, 0.717) is 0 Å². The summed E-state index contributed by atoms with van der Waals surface area (Å²) in [4.78, 5) is 7.30. The number of aromatic amines is 1. The van der Waals surface area contributed by atoms with E-state index in [2.05, 4.69) is 16.0 Å². The molecule has 15 heavy (non-hydrogen) atoms. The van der Waals surface area contributed by atoms with E-state index in [-0.39, 0.29) is 0 Å². The molecule has 0 saturated heterocycles. The monoisotopic (exact) mass is 198 g/mol. The molecule has 0 fully saturated rings. The van der Waals surface area contributed by atoms with Crippen LogP contribution in [0.2, 0.25) is 0 Å². The number of benzene rings is 1. The van der Waals surface area contributed by atoms with Crippen molar-refractivity contribution in [2.75, 3.05) is 0 Å². The van der Waals surface area contributed by atoms with Gasteiger partial charge in [-0.2, -0.15) is 0 Å². The SMILES string of the molecule is c1cc(Cc2ncc[nH]2)c2occc2c1. The molecule has 3 rings (SSSR count). The molecule has 0 amide bonds. The van der Waals surface area contributed by atoms with Gasteiger partial charge in [-0.05, 0) is 6.07 Å². The van der Waals surface area contributed by atoms with Crippen molar-refractivity contribution in [2.45, 2.75) is 6.42 Å². The Balaban J connectivity index is 2.07. The van der Waals surface area contributed by atoms with Crippen LogP contribution in [0.25, 0.3) is 11.0 Å². The standard InChI is InChI=1S/C12H10N2O/c1-2-9-4-7-15-12(9)10(3-1)8-11-13-5-6-14-11/h1-7H,8H2,(H,13,14). The van der Waals surface area contributed by atoms with Gasteiger partial charge in [0.25, 0.3) is 0 Å². The van der Waals surface area contributed by atoms with Crippen LogP contribution >= 0.6 is 0 Å². The van der Waals surface area contributed by atoms with Crippen molar-refractivity contribution >= 4 is 11.0 Å². The molecule has 0 aliphatic carbocycles. The Hall–Kier alpha value is -2.03. The van der Waals surface area contributed by atoms with E-state index < -0.39 is 0 Å². The van der Waals surface area contributed by atoms with E-state index >= 15 is 0 Å². The lowest BCUT2D eigenvalue weighted by Gasteiger charge is -1.99. The fraction of sp³-hybridized carbons (Fsp3) is 0.0833. The number of imidazole rings is 1. The zero-order chi connectivity index (χ0) is 10.1. The average Bonchev–Trinajstić information content (AvgIpc) is 2.87. The second-order valence-corrected chi connectivity index (χ2v) is 3.47. The van der Waals surface area contributed by atoms with Gasteiger partial charge in [0, 0.05) is 29.8 Å². The highest BCUT2D eigenvalue weighted by Crippen LogP contribution is 2.21. The van der Waals surface area contributed by atoms with E-state index in [9.17, 15) is 0 Å². The van der Waals surface area contributed by atoms with Crippen molar-refractivity contribution in [3.8, 4) is 0 Å². The molecular weight excluding hydrogens is 188 g/mol. The van der Waals surface area contributed by atoms with Gasteiger partial charge in [0.05, 0.1) is 6.26 Å². The highest BCUT2D eigenvalue weighted by Gasteiger charge is 2.05. The largest absolute Gasteiger partial charge is 0.464 e. The second-order valence-electron chi connectivity index (χ2n) is 3.47. The summed E-state index contributed by atoms with van der Waals surface area (Å²) in [6.07, 6.45) is 6.09. The first-order valence-corrected chi connectivity index (χ1v) is 4.87. The Labute approximate surface area is 86.8 Å². The first-order chi connectivity index (χ1) is 7.43. The highest BCUT2D eigenvalue weighted by atomic mass is 16.3. The van der Waals surface area contributed by atoms with Crippen LogP contribution in [-0.2, 0) is 6.42 Å². The maximum atomic E-state index is 5.46. The molecule has 0 aliphatic heterocycles. The summed E-state index contributed by atoms with van der Waals surface area (Å²) < 4.78 is 5.46. The van der Waals surface area contributed by atoms with E-state index in [4.69, 9.17) is 4.42 Å². The molecule has 0 saturated carbocycles. The van der Waals surface area contributed by atoms with Gasteiger partial charge < -0.3 is 9.40 Å². The molecule has 74 valence electrons. The van der Waals surface area contributed by atoms with Gasteiger partial charge in [-0.25, -0.2) is 4.98 Å². The highest BCUT2D eigenvalue weighted by molar-refractivity contribution is 5.80. The summed E-state index contributed by atoms with van der Waals surface area (Å²) >= 11 is 0. The number of nitrogens with zero attached hydrogens (tertiary/aromatic N) is 1. The lowest BCUT2D eigenvalue weighted by molar-refractivity contribution is 0.611. The minimum atomic E-state index is 0.776. The van der Waals surface area contributed by atoms with E-state index in [1.165, 1.54) is 0 Å². The minimum Gasteiger partial charge on any atom is -0.464 e. The molecule has 0 bridgehead atoms. The molecule has 2 aromatic heterocycles. The average molecular weight is 198 g/mol. The van der Waals surface area contributed by atoms with Gasteiger partial charge in [-0.1, -0.05) is 18.2 Å². The van der Waals surface area contributed by atoms with E-state index in [1.54, 1.807) is 12.5 Å². The quantitative estimate of drug-likeness (QED) is 0.687. The Kier molecular flexibility index (Phi) is 1.81. The molecule has 3 nitrogen and oxygen atoms in total. The number of nitrogens with one attached hydrogen (secondary N) is 1. The number of H-pyrrole nitrogens is 1. The van der Waals surface area contributed by atoms with Crippen LogP contribution in [0.1, 0.15) is 11.4 Å². The van der Waals surface area contributed by atoms with Crippen molar-refractivity contribution in [1.82, 2.24) is 9.97 Å². The maximum absolute atomic E-state index is 5.46. The molecule has 0 unspecified atom stereocenters. The second kappa shape index (κ2) is 3.28. The third kappa shape index (κ3) is 1.42. The van der Waals surface area contributed by atoms with Crippen LogP contribution in [0.15, 0.2) is 47.3 Å². The zero-order valence-electron chi connectivity index (χ0n) is 8.10. The van der Waals surface area contributed by atoms with Gasteiger partial charge in [0.15, 0.2) is 0 Å². The van der Waals surface area contributed by atoms with Gasteiger partial charge in [-0.15, -0.1) is 0 Å². The van der Waals surface area contributed by atoms with Crippen molar-refractivity contribution in [3.63, 3.8) is 0 Å². The summed E-state index contributed by atoms with van der Waals surface area (Å²) in [5.74, 6) is 0.957. The summed E-state index contributed by atoms with van der Waals surface area (Å²) in [6, 6.07) is 8.12. The maximum Gasteiger partial charge on any atom is 0.137 e. The van der Waals surface area contributed by atoms with Crippen LogP contribution in [-0.4, -0.2) is 9.97 Å². The molecule has 0 aliphatic rings. The van der Waals surface area contributed by atoms with Crippen LogP contribution in [0.4, 0.5) is 0 Å². The summed E-state index contributed by atoms with van der Waals surface area (Å²) in [5.41, 5.74) is 2.11. The zero-order valence-corrected chi connectivity index (χ0v) is 8.10. The molecule has 1 N–H and O–H groups in total. The number of aromatic nitrogens is 2. The lowest BCUT2D eigenvalue weighted by Crippen LogP contribution is -1.90. The number of hydrogen-bond donors (Lipinski definition) is 1. The summed E-state index contributed by atoms with van der Waals surface area (Å²) in [5, 5.41) is 1.14. The predicted molar refractivity (Wildman–Crippen MR) is 57.6 cm³/mol. The fourth-order valence-corrected chi connectivity index (χ4v) is 1.77. The van der Waals surface area contributed by atoms with Crippen LogP contribution in [0.5, 0.6) is 0 Å². The third-order valence-corrected chi connectivity index (χ3v) is 2.47. The first kappa shape index (κ1) is 8.29. The van der Waals surface area contributed by atoms with E-state index in [0.717, 1.165) is 28.8 Å². The molecule has 1 aromatic carbocycles. The Morgan fingerprint density at radius 3 is 3.13 bits per heavy atom. The Bertz CT molecular complexity index is 566. The van der Waals surface area contributed by atoms with Crippen LogP contribution in [0.3, 0.4) is 0 Å². The predicted octanol–water partition coefficient (Wildman–Crippen LogP) is 2.75. The first-order valence-electron chi connectivity index (χ1n) is 4.87. The van der Waals surface area contributed by atoms with Crippen LogP contribution < -0.4 is 0 Å². The summed E-state index contributed by atoms with van der Waals surface area (Å²) in [7, 11) is 0.